The largest absolute Gasteiger partial charge is 0.341 e. The summed E-state index contributed by atoms with van der Waals surface area (Å²) >= 11 is 0. The number of carbonyl (C=O) groups is 1. The normalized spacial score (nSPS) is 18.9. The smallest absolute Gasteiger partial charge is 0.222 e. The molecule has 1 aliphatic heterocycles. The molecule has 0 saturated carbocycles. The molecular formula is C9H18N2O. The minimum Gasteiger partial charge on any atom is -0.341 e. The number of hydrogen-bond acceptors (Lipinski definition) is 2. The van der Waals surface area contributed by atoms with Crippen LogP contribution in [-0.2, 0) is 4.79 Å². The molecule has 0 N–H and O–H groups in total. The average Bonchev–Trinajstić information content (AvgIpc) is 2.03. The highest BCUT2D eigenvalue weighted by molar-refractivity contribution is 5.76. The minimum absolute atomic E-state index is 0.336. The zero-order valence-electron chi connectivity index (χ0n) is 8.05. The van der Waals surface area contributed by atoms with Gasteiger partial charge in [0.2, 0.25) is 5.91 Å². The third-order valence-electron chi connectivity index (χ3n) is 2.24. The molecule has 12 heavy (non-hydrogen) atoms. The molecule has 3 heteroatoms. The van der Waals surface area contributed by atoms with Crippen molar-refractivity contribution >= 4 is 5.91 Å². The predicted octanol–water partition coefficient (Wildman–Crippen LogP) is 0.560. The summed E-state index contributed by atoms with van der Waals surface area (Å²) < 4.78 is 0. The number of rotatable bonds is 3. The number of piperidine rings is 1. The Hall–Kier alpha value is -0.570. The molecule has 0 unspecified atom stereocenters. The van der Waals surface area contributed by atoms with Gasteiger partial charge in [0, 0.05) is 26.1 Å². The maximum absolute atomic E-state index is 11.3. The Balaban J connectivity index is 2.25. The molecule has 1 rings (SSSR count). The molecule has 1 aliphatic rings. The summed E-state index contributed by atoms with van der Waals surface area (Å²) in [4.78, 5) is 15.4. The highest BCUT2D eigenvalue weighted by Crippen LogP contribution is 2.09. The summed E-state index contributed by atoms with van der Waals surface area (Å²) in [7, 11) is 4.07. The fraction of sp³-hybridized carbons (Fsp3) is 0.889. The van der Waals surface area contributed by atoms with Gasteiger partial charge in [0.1, 0.15) is 0 Å². The first-order valence-corrected chi connectivity index (χ1v) is 4.62. The molecule has 0 aromatic carbocycles. The van der Waals surface area contributed by atoms with E-state index >= 15 is 0 Å². The van der Waals surface area contributed by atoms with Gasteiger partial charge in [-0.1, -0.05) is 0 Å². The van der Waals surface area contributed by atoms with Crippen molar-refractivity contribution < 1.29 is 4.79 Å². The van der Waals surface area contributed by atoms with E-state index in [1.54, 1.807) is 0 Å². The van der Waals surface area contributed by atoms with E-state index in [4.69, 9.17) is 0 Å². The summed E-state index contributed by atoms with van der Waals surface area (Å²) in [6, 6.07) is 0. The molecule has 70 valence electrons. The topological polar surface area (TPSA) is 23.6 Å². The molecule has 0 atom stereocenters. The molecule has 1 amide bonds. The Kier molecular flexibility index (Phi) is 3.53. The van der Waals surface area contributed by atoms with Crippen LogP contribution in [0, 0.1) is 0 Å². The van der Waals surface area contributed by atoms with Gasteiger partial charge in [0.05, 0.1) is 0 Å². The van der Waals surface area contributed by atoms with Crippen LogP contribution in [0.4, 0.5) is 0 Å². The SMILES string of the molecule is CN(C)CCN1CCCCC1=O. The quantitative estimate of drug-likeness (QED) is 0.618. The van der Waals surface area contributed by atoms with Gasteiger partial charge in [-0.2, -0.15) is 0 Å². The van der Waals surface area contributed by atoms with Crippen molar-refractivity contribution in [1.29, 1.82) is 0 Å². The summed E-state index contributed by atoms with van der Waals surface area (Å²) in [5, 5.41) is 0. The number of likely N-dealkylation sites (tertiary alicyclic amines) is 1. The zero-order chi connectivity index (χ0) is 8.97. The first-order valence-electron chi connectivity index (χ1n) is 4.62. The fourth-order valence-electron chi connectivity index (χ4n) is 1.42. The molecule has 0 spiro atoms. The number of carbonyl (C=O) groups excluding carboxylic acids is 1. The third kappa shape index (κ3) is 2.81. The molecule has 1 saturated heterocycles. The molecule has 0 radical (unpaired) electrons. The lowest BCUT2D eigenvalue weighted by molar-refractivity contribution is -0.133. The van der Waals surface area contributed by atoms with Crippen molar-refractivity contribution in [2.45, 2.75) is 19.3 Å². The van der Waals surface area contributed by atoms with Crippen molar-refractivity contribution in [3.05, 3.63) is 0 Å². The fourth-order valence-corrected chi connectivity index (χ4v) is 1.42. The van der Waals surface area contributed by atoms with Gasteiger partial charge in [0.15, 0.2) is 0 Å². The van der Waals surface area contributed by atoms with Gasteiger partial charge in [-0.15, -0.1) is 0 Å². The van der Waals surface area contributed by atoms with Gasteiger partial charge in [0.25, 0.3) is 0 Å². The van der Waals surface area contributed by atoms with Gasteiger partial charge < -0.3 is 9.80 Å². The van der Waals surface area contributed by atoms with Crippen LogP contribution in [0.15, 0.2) is 0 Å². The van der Waals surface area contributed by atoms with Gasteiger partial charge >= 0.3 is 0 Å². The maximum atomic E-state index is 11.3. The monoisotopic (exact) mass is 170 g/mol. The number of likely N-dealkylation sites (N-methyl/N-ethyl adjacent to an activating group) is 1. The van der Waals surface area contributed by atoms with Crippen LogP contribution in [0.25, 0.3) is 0 Å². The van der Waals surface area contributed by atoms with Crippen molar-refractivity contribution in [2.75, 3.05) is 33.7 Å². The van der Waals surface area contributed by atoms with Crippen molar-refractivity contribution in [3.8, 4) is 0 Å². The van der Waals surface area contributed by atoms with Crippen molar-refractivity contribution in [3.63, 3.8) is 0 Å². The van der Waals surface area contributed by atoms with Gasteiger partial charge in [-0.05, 0) is 26.9 Å². The van der Waals surface area contributed by atoms with E-state index in [9.17, 15) is 4.79 Å². The number of amides is 1. The second-order valence-electron chi connectivity index (χ2n) is 3.64. The van der Waals surface area contributed by atoms with Crippen LogP contribution in [0.5, 0.6) is 0 Å². The lowest BCUT2D eigenvalue weighted by atomic mass is 10.1. The summed E-state index contributed by atoms with van der Waals surface area (Å²) in [6.45, 7) is 2.84. The van der Waals surface area contributed by atoms with E-state index in [0.29, 0.717) is 5.91 Å². The Labute approximate surface area is 74.3 Å². The predicted molar refractivity (Wildman–Crippen MR) is 49.0 cm³/mol. The van der Waals surface area contributed by atoms with Crippen LogP contribution in [0.1, 0.15) is 19.3 Å². The average molecular weight is 170 g/mol. The molecular weight excluding hydrogens is 152 g/mol. The number of nitrogens with zero attached hydrogens (tertiary/aromatic N) is 2. The van der Waals surface area contributed by atoms with Crippen LogP contribution in [-0.4, -0.2) is 49.4 Å². The molecule has 1 fully saturated rings. The van der Waals surface area contributed by atoms with Crippen LogP contribution in [0.2, 0.25) is 0 Å². The Morgan fingerprint density at radius 3 is 2.75 bits per heavy atom. The summed E-state index contributed by atoms with van der Waals surface area (Å²) in [6.07, 6.45) is 3.02. The molecule has 3 nitrogen and oxygen atoms in total. The molecule has 0 aromatic heterocycles. The summed E-state index contributed by atoms with van der Waals surface area (Å²) in [5.41, 5.74) is 0. The van der Waals surface area contributed by atoms with Crippen LogP contribution >= 0.6 is 0 Å². The first kappa shape index (κ1) is 9.52. The van der Waals surface area contributed by atoms with E-state index in [1.807, 2.05) is 19.0 Å². The van der Waals surface area contributed by atoms with Crippen LogP contribution < -0.4 is 0 Å². The van der Waals surface area contributed by atoms with E-state index in [1.165, 1.54) is 6.42 Å². The Morgan fingerprint density at radius 1 is 1.42 bits per heavy atom. The molecule has 1 heterocycles. The maximum Gasteiger partial charge on any atom is 0.222 e. The Morgan fingerprint density at radius 2 is 2.17 bits per heavy atom. The standard InChI is InChI=1S/C9H18N2O/c1-10(2)7-8-11-6-4-3-5-9(11)12/h3-8H2,1-2H3. The third-order valence-corrected chi connectivity index (χ3v) is 2.24. The zero-order valence-corrected chi connectivity index (χ0v) is 8.05. The lowest BCUT2D eigenvalue weighted by Crippen LogP contribution is -2.39. The van der Waals surface area contributed by atoms with E-state index in [-0.39, 0.29) is 0 Å². The summed E-state index contributed by atoms with van der Waals surface area (Å²) in [5.74, 6) is 0.336. The molecule has 0 aromatic rings. The lowest BCUT2D eigenvalue weighted by Gasteiger charge is -2.27. The van der Waals surface area contributed by atoms with Gasteiger partial charge in [-0.3, -0.25) is 4.79 Å². The van der Waals surface area contributed by atoms with E-state index < -0.39 is 0 Å². The Bertz CT molecular complexity index is 157. The molecule has 0 bridgehead atoms. The minimum atomic E-state index is 0.336. The first-order chi connectivity index (χ1) is 5.70. The van der Waals surface area contributed by atoms with Crippen molar-refractivity contribution in [1.82, 2.24) is 9.80 Å². The van der Waals surface area contributed by atoms with Crippen molar-refractivity contribution in [2.24, 2.45) is 0 Å². The highest BCUT2D eigenvalue weighted by atomic mass is 16.2. The second kappa shape index (κ2) is 4.45. The highest BCUT2D eigenvalue weighted by Gasteiger charge is 2.16. The van der Waals surface area contributed by atoms with E-state index in [2.05, 4.69) is 4.90 Å². The van der Waals surface area contributed by atoms with E-state index in [0.717, 1.165) is 32.5 Å². The number of hydrogen-bond donors (Lipinski definition) is 0. The van der Waals surface area contributed by atoms with Gasteiger partial charge in [-0.25, -0.2) is 0 Å². The second-order valence-corrected chi connectivity index (χ2v) is 3.64. The molecule has 0 aliphatic carbocycles. The van der Waals surface area contributed by atoms with Crippen LogP contribution in [0.3, 0.4) is 0 Å².